The number of carbonyl (C=O) groups excluding carboxylic acids is 2. The highest BCUT2D eigenvalue weighted by molar-refractivity contribution is 6.31. The maximum absolute atomic E-state index is 13.2. The summed E-state index contributed by atoms with van der Waals surface area (Å²) in [7, 11) is 1.47. The minimum atomic E-state index is -0.633. The molecule has 3 aromatic rings. The molecule has 0 aliphatic carbocycles. The number of rotatable bonds is 4. The molecule has 0 saturated carbocycles. The van der Waals surface area contributed by atoms with E-state index in [2.05, 4.69) is 15.1 Å². The molecular weight excluding hydrogens is 432 g/mol. The molecule has 32 heavy (non-hydrogen) atoms. The molecule has 0 N–H and O–H groups in total. The zero-order valence-electron chi connectivity index (χ0n) is 18.0. The number of amides is 2. The van der Waals surface area contributed by atoms with E-state index in [1.54, 1.807) is 20.5 Å². The average Bonchev–Trinajstić information content (AvgIpc) is 3.28. The van der Waals surface area contributed by atoms with Crippen LogP contribution in [-0.4, -0.2) is 73.6 Å². The Morgan fingerprint density at radius 1 is 1.09 bits per heavy atom. The summed E-state index contributed by atoms with van der Waals surface area (Å²) in [5.74, 6) is -0.159. The molecule has 2 aromatic heterocycles. The second kappa shape index (κ2) is 8.58. The molecule has 166 valence electrons. The fraction of sp³-hybridized carbons (Fsp3) is 0.318. The average molecular weight is 455 g/mol. The number of para-hydroxylation sites is 1. The summed E-state index contributed by atoms with van der Waals surface area (Å²) in [6.07, 6.45) is 1.52. The highest BCUT2D eigenvalue weighted by Crippen LogP contribution is 2.25. The molecule has 9 nitrogen and oxygen atoms in total. The molecule has 0 bridgehead atoms. The Morgan fingerprint density at radius 3 is 2.53 bits per heavy atom. The quantitative estimate of drug-likeness (QED) is 0.601. The van der Waals surface area contributed by atoms with Gasteiger partial charge in [0.25, 0.3) is 11.8 Å². The second-order valence-electron chi connectivity index (χ2n) is 8.06. The minimum Gasteiger partial charge on any atom is -0.481 e. The van der Waals surface area contributed by atoms with Gasteiger partial charge in [-0.3, -0.25) is 9.59 Å². The van der Waals surface area contributed by atoms with Gasteiger partial charge in [0.15, 0.2) is 0 Å². The van der Waals surface area contributed by atoms with E-state index in [0.29, 0.717) is 24.7 Å². The van der Waals surface area contributed by atoms with E-state index in [1.807, 2.05) is 44.2 Å². The lowest BCUT2D eigenvalue weighted by atomic mass is 9.98. The van der Waals surface area contributed by atoms with Gasteiger partial charge in [-0.2, -0.15) is 0 Å². The Hall–Kier alpha value is -3.46. The van der Waals surface area contributed by atoms with Gasteiger partial charge in [0, 0.05) is 30.7 Å². The van der Waals surface area contributed by atoms with Crippen LogP contribution in [0, 0.1) is 0 Å². The van der Waals surface area contributed by atoms with Crippen LogP contribution in [0.4, 0.5) is 0 Å². The monoisotopic (exact) mass is 454 g/mol. The van der Waals surface area contributed by atoms with Crippen LogP contribution in [0.25, 0.3) is 5.69 Å². The number of methoxy groups -OCH3 is 1. The van der Waals surface area contributed by atoms with Gasteiger partial charge in [-0.25, -0.2) is 14.6 Å². The number of aromatic nitrogens is 4. The summed E-state index contributed by atoms with van der Waals surface area (Å²) in [5, 5.41) is 4.72. The van der Waals surface area contributed by atoms with Gasteiger partial charge in [-0.05, 0) is 32.0 Å². The predicted octanol–water partition coefficient (Wildman–Crippen LogP) is 2.70. The zero-order chi connectivity index (χ0) is 22.9. The van der Waals surface area contributed by atoms with Crippen LogP contribution in [0.15, 0.2) is 48.8 Å². The number of piperazine rings is 1. The molecule has 0 spiro atoms. The van der Waals surface area contributed by atoms with Crippen molar-refractivity contribution in [3.05, 3.63) is 65.3 Å². The highest BCUT2D eigenvalue weighted by atomic mass is 35.5. The molecule has 1 aromatic carbocycles. The van der Waals surface area contributed by atoms with Crippen molar-refractivity contribution in [2.75, 3.05) is 26.7 Å². The fourth-order valence-corrected chi connectivity index (χ4v) is 3.94. The van der Waals surface area contributed by atoms with E-state index < -0.39 is 5.54 Å². The Labute approximate surface area is 190 Å². The summed E-state index contributed by atoms with van der Waals surface area (Å²) < 4.78 is 6.68. The van der Waals surface area contributed by atoms with Gasteiger partial charge in [0.05, 0.1) is 18.3 Å². The third kappa shape index (κ3) is 4.29. The topological polar surface area (TPSA) is 93.5 Å². The number of hydrogen-bond donors (Lipinski definition) is 0. The SMILES string of the molecule is COc1cc(Cl)cc(C(=O)N2CCN(C(=O)c3ncn(-c4ccccc4)n3)C(C)(C)C2)n1. The van der Waals surface area contributed by atoms with Crippen LogP contribution >= 0.6 is 11.6 Å². The lowest BCUT2D eigenvalue weighted by Crippen LogP contribution is -2.62. The van der Waals surface area contributed by atoms with E-state index >= 15 is 0 Å². The number of nitrogens with zero attached hydrogens (tertiary/aromatic N) is 6. The first-order valence-corrected chi connectivity index (χ1v) is 10.5. The van der Waals surface area contributed by atoms with E-state index in [9.17, 15) is 9.59 Å². The minimum absolute atomic E-state index is 0.114. The first kappa shape index (κ1) is 21.8. The van der Waals surface area contributed by atoms with E-state index in [-0.39, 0.29) is 29.2 Å². The molecule has 1 aliphatic rings. The molecule has 1 aliphatic heterocycles. The largest absolute Gasteiger partial charge is 0.481 e. The fourth-order valence-electron chi connectivity index (χ4n) is 3.74. The van der Waals surface area contributed by atoms with E-state index in [0.717, 1.165) is 5.69 Å². The molecule has 0 unspecified atom stereocenters. The molecular formula is C22H23ClN6O3. The third-order valence-corrected chi connectivity index (χ3v) is 5.55. The lowest BCUT2D eigenvalue weighted by molar-refractivity contribution is 0.0158. The number of halogens is 1. The third-order valence-electron chi connectivity index (χ3n) is 5.33. The number of benzene rings is 1. The molecule has 1 saturated heterocycles. The number of ether oxygens (including phenoxy) is 1. The van der Waals surface area contributed by atoms with Crippen molar-refractivity contribution in [1.29, 1.82) is 0 Å². The Balaban J connectivity index is 1.50. The molecule has 10 heteroatoms. The molecule has 1 fully saturated rings. The molecule has 3 heterocycles. The van der Waals surface area contributed by atoms with Crippen LogP contribution < -0.4 is 4.74 Å². The van der Waals surface area contributed by atoms with Gasteiger partial charge in [-0.15, -0.1) is 5.10 Å². The van der Waals surface area contributed by atoms with Crippen molar-refractivity contribution >= 4 is 23.4 Å². The standard InChI is InChI=1S/C22H23ClN6O3/c1-22(2)13-27(20(30)17-11-15(23)12-18(25-17)32-3)9-10-28(22)21(31)19-24-14-29(26-19)16-7-5-4-6-8-16/h4-8,11-12,14H,9-10,13H2,1-3H3. The first-order valence-electron chi connectivity index (χ1n) is 10.1. The van der Waals surface area contributed by atoms with Crippen molar-refractivity contribution in [2.45, 2.75) is 19.4 Å². The Morgan fingerprint density at radius 2 is 1.84 bits per heavy atom. The van der Waals surface area contributed by atoms with Crippen LogP contribution in [0.1, 0.15) is 35.0 Å². The normalized spacial score (nSPS) is 15.5. The van der Waals surface area contributed by atoms with Crippen molar-refractivity contribution in [1.82, 2.24) is 29.5 Å². The van der Waals surface area contributed by atoms with Crippen LogP contribution in [0.3, 0.4) is 0 Å². The number of hydrogen-bond acceptors (Lipinski definition) is 6. The number of pyridine rings is 1. The Bertz CT molecular complexity index is 1150. The summed E-state index contributed by atoms with van der Waals surface area (Å²) >= 11 is 6.09. The second-order valence-corrected chi connectivity index (χ2v) is 8.49. The van der Waals surface area contributed by atoms with Crippen LogP contribution in [0.2, 0.25) is 5.02 Å². The molecule has 4 rings (SSSR count). The summed E-state index contributed by atoms with van der Waals surface area (Å²) in [6, 6.07) is 12.5. The van der Waals surface area contributed by atoms with E-state index in [4.69, 9.17) is 16.3 Å². The summed E-state index contributed by atoms with van der Waals surface area (Å²) in [4.78, 5) is 38.0. The predicted molar refractivity (Wildman–Crippen MR) is 118 cm³/mol. The van der Waals surface area contributed by atoms with Crippen molar-refractivity contribution in [3.8, 4) is 11.6 Å². The summed E-state index contributed by atoms with van der Waals surface area (Å²) in [5.41, 5.74) is 0.387. The smallest absolute Gasteiger partial charge is 0.294 e. The Kier molecular flexibility index (Phi) is 5.84. The van der Waals surface area contributed by atoms with Gasteiger partial charge in [-0.1, -0.05) is 29.8 Å². The van der Waals surface area contributed by atoms with Crippen LogP contribution in [-0.2, 0) is 0 Å². The van der Waals surface area contributed by atoms with Gasteiger partial charge < -0.3 is 14.5 Å². The van der Waals surface area contributed by atoms with Crippen molar-refractivity contribution in [3.63, 3.8) is 0 Å². The van der Waals surface area contributed by atoms with Crippen molar-refractivity contribution < 1.29 is 14.3 Å². The molecule has 0 atom stereocenters. The maximum Gasteiger partial charge on any atom is 0.294 e. The lowest BCUT2D eigenvalue weighted by Gasteiger charge is -2.46. The number of carbonyl (C=O) groups is 2. The highest BCUT2D eigenvalue weighted by Gasteiger charge is 2.40. The van der Waals surface area contributed by atoms with Crippen LogP contribution in [0.5, 0.6) is 5.88 Å². The van der Waals surface area contributed by atoms with Gasteiger partial charge in [0.1, 0.15) is 12.0 Å². The van der Waals surface area contributed by atoms with Crippen molar-refractivity contribution in [2.24, 2.45) is 0 Å². The molecule has 2 amide bonds. The van der Waals surface area contributed by atoms with E-state index in [1.165, 1.54) is 19.5 Å². The van der Waals surface area contributed by atoms with Gasteiger partial charge in [0.2, 0.25) is 11.7 Å². The maximum atomic E-state index is 13.2. The zero-order valence-corrected chi connectivity index (χ0v) is 18.8. The molecule has 0 radical (unpaired) electrons. The summed E-state index contributed by atoms with van der Waals surface area (Å²) in [6.45, 7) is 4.83. The van der Waals surface area contributed by atoms with Gasteiger partial charge >= 0.3 is 0 Å². The first-order chi connectivity index (χ1) is 15.3.